The van der Waals surface area contributed by atoms with Gasteiger partial charge >= 0.3 is 0 Å². The van der Waals surface area contributed by atoms with Crippen LogP contribution in [0.4, 0.5) is 0 Å². The van der Waals surface area contributed by atoms with Crippen molar-refractivity contribution in [2.75, 3.05) is 26.7 Å². The second kappa shape index (κ2) is 6.56. The number of likely N-dealkylation sites (N-methyl/N-ethyl adjacent to an activating group) is 1. The second-order valence-corrected chi connectivity index (χ2v) is 6.95. The first kappa shape index (κ1) is 16.0. The molecular weight excluding hydrogens is 314 g/mol. The van der Waals surface area contributed by atoms with Gasteiger partial charge in [-0.25, -0.2) is 0 Å². The fourth-order valence-corrected chi connectivity index (χ4v) is 3.83. The van der Waals surface area contributed by atoms with Crippen molar-refractivity contribution in [3.8, 4) is 0 Å². The van der Waals surface area contributed by atoms with Crippen molar-refractivity contribution < 1.29 is 0 Å². The molecule has 3 unspecified atom stereocenters. The third kappa shape index (κ3) is 3.25. The first-order valence-electron chi connectivity index (χ1n) is 7.36. The van der Waals surface area contributed by atoms with Crippen LogP contribution in [0.25, 0.3) is 0 Å². The Morgan fingerprint density at radius 2 is 1.90 bits per heavy atom. The molecule has 1 fully saturated rings. The summed E-state index contributed by atoms with van der Waals surface area (Å²) in [5.41, 5.74) is 8.67. The average molecular weight is 340 g/mol. The van der Waals surface area contributed by atoms with E-state index >= 15 is 0 Å². The molecule has 2 rings (SSSR count). The van der Waals surface area contributed by atoms with Crippen molar-refractivity contribution in [2.45, 2.75) is 38.9 Å². The molecule has 1 aliphatic rings. The SMILES string of the molecule is Cc1ccc(C(CN)N2CC(C)N(C)C(C)C2)c(Br)c1. The van der Waals surface area contributed by atoms with Gasteiger partial charge in [0.2, 0.25) is 0 Å². The third-order valence-corrected chi connectivity index (χ3v) is 5.25. The van der Waals surface area contributed by atoms with E-state index in [1.807, 2.05) is 0 Å². The molecule has 0 aliphatic carbocycles. The number of rotatable bonds is 3. The van der Waals surface area contributed by atoms with E-state index in [2.05, 4.69) is 71.7 Å². The topological polar surface area (TPSA) is 32.5 Å². The number of hydrogen-bond acceptors (Lipinski definition) is 3. The summed E-state index contributed by atoms with van der Waals surface area (Å²) in [7, 11) is 2.21. The van der Waals surface area contributed by atoms with Crippen LogP contribution in [0, 0.1) is 6.92 Å². The number of hydrogen-bond donors (Lipinski definition) is 1. The lowest BCUT2D eigenvalue weighted by atomic mass is 10.00. The molecule has 20 heavy (non-hydrogen) atoms. The molecule has 0 spiro atoms. The Bertz CT molecular complexity index is 451. The Balaban J connectivity index is 2.24. The first-order valence-corrected chi connectivity index (χ1v) is 8.15. The van der Waals surface area contributed by atoms with E-state index in [9.17, 15) is 0 Å². The molecule has 112 valence electrons. The molecule has 1 aliphatic heterocycles. The molecule has 3 nitrogen and oxygen atoms in total. The molecule has 1 heterocycles. The van der Waals surface area contributed by atoms with Crippen LogP contribution in [0.2, 0.25) is 0 Å². The van der Waals surface area contributed by atoms with Gasteiger partial charge in [0.25, 0.3) is 0 Å². The van der Waals surface area contributed by atoms with Crippen LogP contribution < -0.4 is 5.73 Å². The zero-order chi connectivity index (χ0) is 14.9. The van der Waals surface area contributed by atoms with Crippen molar-refractivity contribution in [3.05, 3.63) is 33.8 Å². The summed E-state index contributed by atoms with van der Waals surface area (Å²) in [6, 6.07) is 8.00. The van der Waals surface area contributed by atoms with Gasteiger partial charge < -0.3 is 5.73 Å². The summed E-state index contributed by atoms with van der Waals surface area (Å²) in [6.07, 6.45) is 0. The van der Waals surface area contributed by atoms with Crippen LogP contribution in [-0.2, 0) is 0 Å². The highest BCUT2D eigenvalue weighted by Crippen LogP contribution is 2.30. The number of piperazine rings is 1. The summed E-state index contributed by atoms with van der Waals surface area (Å²) in [5, 5.41) is 0. The maximum absolute atomic E-state index is 6.09. The number of halogens is 1. The first-order chi connectivity index (χ1) is 9.43. The number of benzene rings is 1. The molecule has 0 radical (unpaired) electrons. The van der Waals surface area contributed by atoms with Crippen molar-refractivity contribution in [1.82, 2.24) is 9.80 Å². The quantitative estimate of drug-likeness (QED) is 0.918. The average Bonchev–Trinajstić information content (AvgIpc) is 2.39. The van der Waals surface area contributed by atoms with Crippen molar-refractivity contribution in [1.29, 1.82) is 0 Å². The van der Waals surface area contributed by atoms with Crippen LogP contribution in [0.5, 0.6) is 0 Å². The molecule has 2 N–H and O–H groups in total. The Labute approximate surface area is 131 Å². The van der Waals surface area contributed by atoms with Crippen LogP contribution in [0.3, 0.4) is 0 Å². The molecule has 0 amide bonds. The normalized spacial score (nSPS) is 26.7. The van der Waals surface area contributed by atoms with E-state index in [1.165, 1.54) is 15.6 Å². The van der Waals surface area contributed by atoms with Gasteiger partial charge in [0.1, 0.15) is 0 Å². The monoisotopic (exact) mass is 339 g/mol. The molecule has 1 saturated heterocycles. The van der Waals surface area contributed by atoms with E-state index in [0.717, 1.165) is 13.1 Å². The molecule has 4 heteroatoms. The third-order valence-electron chi connectivity index (χ3n) is 4.57. The minimum Gasteiger partial charge on any atom is -0.329 e. The van der Waals surface area contributed by atoms with Gasteiger partial charge in [-0.3, -0.25) is 9.80 Å². The summed E-state index contributed by atoms with van der Waals surface area (Å²) in [5.74, 6) is 0. The molecule has 0 saturated carbocycles. The minimum atomic E-state index is 0.295. The molecular formula is C16H26BrN3. The van der Waals surface area contributed by atoms with Crippen LogP contribution in [0.15, 0.2) is 22.7 Å². The minimum absolute atomic E-state index is 0.295. The van der Waals surface area contributed by atoms with Gasteiger partial charge in [-0.05, 0) is 45.0 Å². The van der Waals surface area contributed by atoms with E-state index in [4.69, 9.17) is 5.73 Å². The Morgan fingerprint density at radius 1 is 1.30 bits per heavy atom. The highest BCUT2D eigenvalue weighted by atomic mass is 79.9. The van der Waals surface area contributed by atoms with Gasteiger partial charge in [0, 0.05) is 42.2 Å². The molecule has 1 aromatic rings. The standard InChI is InChI=1S/C16H26BrN3/c1-11-5-6-14(15(17)7-11)16(8-18)20-9-12(2)19(4)13(3)10-20/h5-7,12-13,16H,8-10,18H2,1-4H3. The number of nitrogens with zero attached hydrogens (tertiary/aromatic N) is 2. The Hall–Kier alpha value is -0.420. The lowest BCUT2D eigenvalue weighted by molar-refractivity contribution is 0.0350. The summed E-state index contributed by atoms with van der Waals surface area (Å²) in [6.45, 7) is 9.50. The van der Waals surface area contributed by atoms with Crippen molar-refractivity contribution in [3.63, 3.8) is 0 Å². The van der Waals surface area contributed by atoms with Crippen LogP contribution in [0.1, 0.15) is 31.0 Å². The van der Waals surface area contributed by atoms with Gasteiger partial charge in [0.05, 0.1) is 0 Å². The van der Waals surface area contributed by atoms with E-state index in [1.54, 1.807) is 0 Å². The fraction of sp³-hybridized carbons (Fsp3) is 0.625. The lowest BCUT2D eigenvalue weighted by Gasteiger charge is -2.45. The van der Waals surface area contributed by atoms with E-state index in [0.29, 0.717) is 24.7 Å². The van der Waals surface area contributed by atoms with Gasteiger partial charge in [-0.2, -0.15) is 0 Å². The van der Waals surface area contributed by atoms with Crippen LogP contribution >= 0.6 is 15.9 Å². The summed E-state index contributed by atoms with van der Waals surface area (Å²) >= 11 is 3.70. The fourth-order valence-electron chi connectivity index (χ4n) is 3.07. The zero-order valence-corrected chi connectivity index (χ0v) is 14.5. The van der Waals surface area contributed by atoms with Gasteiger partial charge in [0.15, 0.2) is 0 Å². The number of nitrogens with two attached hydrogens (primary N) is 1. The summed E-state index contributed by atoms with van der Waals surface area (Å²) < 4.78 is 1.17. The maximum Gasteiger partial charge on any atom is 0.0482 e. The van der Waals surface area contributed by atoms with Crippen molar-refractivity contribution >= 4 is 15.9 Å². The highest BCUT2D eigenvalue weighted by molar-refractivity contribution is 9.10. The zero-order valence-electron chi connectivity index (χ0n) is 12.9. The smallest absolute Gasteiger partial charge is 0.0482 e. The van der Waals surface area contributed by atoms with E-state index in [-0.39, 0.29) is 0 Å². The largest absolute Gasteiger partial charge is 0.329 e. The maximum atomic E-state index is 6.09. The Kier molecular flexibility index (Phi) is 5.24. The molecule has 0 bridgehead atoms. The lowest BCUT2D eigenvalue weighted by Crippen LogP contribution is -2.56. The summed E-state index contributed by atoms with van der Waals surface area (Å²) in [4.78, 5) is 4.99. The highest BCUT2D eigenvalue weighted by Gasteiger charge is 2.31. The molecule has 3 atom stereocenters. The number of aryl methyl sites for hydroxylation is 1. The second-order valence-electron chi connectivity index (χ2n) is 6.09. The molecule has 1 aromatic carbocycles. The van der Waals surface area contributed by atoms with Gasteiger partial charge in [-0.1, -0.05) is 28.1 Å². The predicted molar refractivity (Wildman–Crippen MR) is 88.9 cm³/mol. The Morgan fingerprint density at radius 3 is 2.40 bits per heavy atom. The van der Waals surface area contributed by atoms with Crippen molar-refractivity contribution in [2.24, 2.45) is 5.73 Å². The molecule has 0 aromatic heterocycles. The van der Waals surface area contributed by atoms with Gasteiger partial charge in [-0.15, -0.1) is 0 Å². The van der Waals surface area contributed by atoms with Crippen LogP contribution in [-0.4, -0.2) is 48.6 Å². The van der Waals surface area contributed by atoms with E-state index < -0.39 is 0 Å². The predicted octanol–water partition coefficient (Wildman–Crippen LogP) is 2.78.